The number of nitrogen functional groups attached to an aromatic ring is 1. The number of hydrogen-bond acceptors (Lipinski definition) is 5. The van der Waals surface area contributed by atoms with E-state index in [2.05, 4.69) is 10.2 Å². The Kier molecular flexibility index (Phi) is 6.51. The van der Waals surface area contributed by atoms with Crippen LogP contribution in [0.4, 0.5) is 25.0 Å². The second kappa shape index (κ2) is 8.73. The molecule has 1 aromatic rings. The summed E-state index contributed by atoms with van der Waals surface area (Å²) >= 11 is 0. The van der Waals surface area contributed by atoms with Crippen molar-refractivity contribution < 1.29 is 18.3 Å². The first-order valence-electron chi connectivity index (χ1n) is 10.3. The molecule has 0 aliphatic carbocycles. The number of benzene rings is 1. The van der Waals surface area contributed by atoms with Crippen molar-refractivity contribution >= 4 is 17.5 Å². The van der Waals surface area contributed by atoms with Crippen molar-refractivity contribution in [2.75, 3.05) is 36.8 Å². The molecule has 2 saturated heterocycles. The Morgan fingerprint density at radius 1 is 1.21 bits per heavy atom. The Balaban J connectivity index is 1.49. The molecule has 2 aliphatic rings. The van der Waals surface area contributed by atoms with Crippen molar-refractivity contribution in [2.45, 2.75) is 63.9 Å². The van der Waals surface area contributed by atoms with E-state index in [1.165, 1.54) is 6.07 Å². The lowest BCUT2D eigenvalue weighted by Gasteiger charge is -2.44. The summed E-state index contributed by atoms with van der Waals surface area (Å²) in [6, 6.07) is 4.40. The smallest absolute Gasteiger partial charge is 0.407 e. The van der Waals surface area contributed by atoms with E-state index in [1.54, 1.807) is 17.0 Å². The largest absolute Gasteiger partial charge is 0.444 e. The first-order chi connectivity index (χ1) is 13.6. The number of likely N-dealkylation sites (tertiary alicyclic amines) is 1. The van der Waals surface area contributed by atoms with E-state index >= 15 is 0 Å². The predicted molar refractivity (Wildman–Crippen MR) is 110 cm³/mol. The number of piperidine rings is 2. The van der Waals surface area contributed by atoms with Crippen molar-refractivity contribution in [2.24, 2.45) is 0 Å². The maximum atomic E-state index is 15.0. The fraction of sp³-hybridized carbons (Fsp3) is 0.667. The molecule has 3 rings (SSSR count). The van der Waals surface area contributed by atoms with Gasteiger partial charge in [0.25, 0.3) is 0 Å². The molecule has 1 amide bonds. The van der Waals surface area contributed by atoms with Crippen LogP contribution in [0.5, 0.6) is 0 Å². The van der Waals surface area contributed by atoms with Crippen LogP contribution in [0.3, 0.4) is 0 Å². The van der Waals surface area contributed by atoms with Gasteiger partial charge in [-0.25, -0.2) is 13.6 Å². The summed E-state index contributed by atoms with van der Waals surface area (Å²) in [5, 5.41) is 2.91. The number of hydrogen-bond donors (Lipinski definition) is 2. The van der Waals surface area contributed by atoms with Crippen LogP contribution in [0.25, 0.3) is 0 Å². The Bertz CT molecular complexity index is 717. The number of rotatable bonds is 3. The molecule has 0 spiro atoms. The van der Waals surface area contributed by atoms with Crippen LogP contribution in [0.1, 0.15) is 40.0 Å². The van der Waals surface area contributed by atoms with Crippen molar-refractivity contribution in [3.05, 3.63) is 24.0 Å². The van der Waals surface area contributed by atoms with Crippen LogP contribution in [0.2, 0.25) is 0 Å². The number of amides is 1. The molecule has 0 radical (unpaired) electrons. The normalized spacial score (nSPS) is 24.4. The van der Waals surface area contributed by atoms with E-state index in [0.29, 0.717) is 24.3 Å². The third kappa shape index (κ3) is 5.72. The molecule has 2 unspecified atom stereocenters. The minimum Gasteiger partial charge on any atom is -0.444 e. The number of halogens is 2. The van der Waals surface area contributed by atoms with E-state index in [-0.39, 0.29) is 18.6 Å². The number of anilines is 2. The number of alkyl halides is 1. The van der Waals surface area contributed by atoms with Gasteiger partial charge in [0.05, 0.1) is 12.2 Å². The minimum atomic E-state index is -1.06. The number of nitrogens with zero attached hydrogens (tertiary/aromatic N) is 2. The van der Waals surface area contributed by atoms with E-state index in [9.17, 15) is 13.6 Å². The SMILES string of the molecule is CC(C)(C)OC(=O)NC1CCN(C2CCN(c3ccc(N)cc3F)CC2F)CC1. The molecule has 2 aliphatic heterocycles. The summed E-state index contributed by atoms with van der Waals surface area (Å²) in [5.74, 6) is -0.412. The maximum Gasteiger partial charge on any atom is 0.407 e. The van der Waals surface area contributed by atoms with E-state index in [0.717, 1.165) is 25.9 Å². The Hall–Kier alpha value is -2.09. The highest BCUT2D eigenvalue weighted by atomic mass is 19.1. The van der Waals surface area contributed by atoms with E-state index in [4.69, 9.17) is 10.5 Å². The van der Waals surface area contributed by atoms with Gasteiger partial charge in [0.15, 0.2) is 0 Å². The fourth-order valence-corrected chi connectivity index (χ4v) is 4.15. The molecule has 162 valence electrons. The molecule has 0 bridgehead atoms. The van der Waals surface area contributed by atoms with Gasteiger partial charge < -0.3 is 20.7 Å². The van der Waals surface area contributed by atoms with Gasteiger partial charge in [-0.2, -0.15) is 0 Å². The van der Waals surface area contributed by atoms with Crippen molar-refractivity contribution in [3.63, 3.8) is 0 Å². The first kappa shape index (κ1) is 21.6. The van der Waals surface area contributed by atoms with E-state index in [1.807, 2.05) is 20.8 Å². The predicted octanol–water partition coefficient (Wildman–Crippen LogP) is 3.31. The summed E-state index contributed by atoms with van der Waals surface area (Å²) in [6.07, 6.45) is 0.696. The molecular formula is C21H32F2N4O2. The van der Waals surface area contributed by atoms with Gasteiger partial charge in [-0.05, 0) is 58.2 Å². The Labute approximate surface area is 171 Å². The topological polar surface area (TPSA) is 70.8 Å². The molecule has 2 atom stereocenters. The van der Waals surface area contributed by atoms with Crippen LogP contribution in [-0.4, -0.2) is 61.0 Å². The quantitative estimate of drug-likeness (QED) is 0.748. The molecule has 1 aromatic carbocycles. The zero-order valence-electron chi connectivity index (χ0n) is 17.5. The fourth-order valence-electron chi connectivity index (χ4n) is 4.15. The lowest BCUT2D eigenvalue weighted by atomic mass is 9.96. The van der Waals surface area contributed by atoms with Crippen LogP contribution >= 0.6 is 0 Å². The first-order valence-corrected chi connectivity index (χ1v) is 10.3. The number of carbonyl (C=O) groups excluding carboxylic acids is 1. The van der Waals surface area contributed by atoms with Gasteiger partial charge >= 0.3 is 6.09 Å². The van der Waals surface area contributed by atoms with Crippen molar-refractivity contribution in [3.8, 4) is 0 Å². The van der Waals surface area contributed by atoms with Crippen molar-refractivity contribution in [1.82, 2.24) is 10.2 Å². The zero-order chi connectivity index (χ0) is 21.2. The van der Waals surface area contributed by atoms with Crippen LogP contribution in [0.15, 0.2) is 18.2 Å². The highest BCUT2D eigenvalue weighted by Crippen LogP contribution is 2.29. The number of alkyl carbamates (subject to hydrolysis) is 1. The lowest BCUT2D eigenvalue weighted by Crippen LogP contribution is -2.56. The third-order valence-corrected chi connectivity index (χ3v) is 5.54. The summed E-state index contributed by atoms with van der Waals surface area (Å²) in [4.78, 5) is 15.8. The molecule has 8 heteroatoms. The number of ether oxygens (including phenoxy) is 1. The number of nitrogens with two attached hydrogens (primary N) is 1. The van der Waals surface area contributed by atoms with Gasteiger partial charge in [-0.1, -0.05) is 0 Å². The van der Waals surface area contributed by atoms with Gasteiger partial charge in [0.1, 0.15) is 17.6 Å². The second-order valence-corrected chi connectivity index (χ2v) is 8.99. The zero-order valence-corrected chi connectivity index (χ0v) is 17.5. The monoisotopic (exact) mass is 410 g/mol. The van der Waals surface area contributed by atoms with Gasteiger partial charge in [-0.3, -0.25) is 4.90 Å². The Morgan fingerprint density at radius 2 is 1.90 bits per heavy atom. The van der Waals surface area contributed by atoms with Gasteiger partial charge in [-0.15, -0.1) is 0 Å². The minimum absolute atomic E-state index is 0.0446. The third-order valence-electron chi connectivity index (χ3n) is 5.54. The number of nitrogens with one attached hydrogen (secondary N) is 1. The lowest BCUT2D eigenvalue weighted by molar-refractivity contribution is 0.0415. The molecule has 2 heterocycles. The Morgan fingerprint density at radius 3 is 2.48 bits per heavy atom. The molecule has 2 fully saturated rings. The summed E-state index contributed by atoms with van der Waals surface area (Å²) in [7, 11) is 0. The van der Waals surface area contributed by atoms with Crippen LogP contribution < -0.4 is 16.0 Å². The van der Waals surface area contributed by atoms with Crippen LogP contribution in [0, 0.1) is 5.82 Å². The van der Waals surface area contributed by atoms with Gasteiger partial charge in [0, 0.05) is 37.4 Å². The van der Waals surface area contributed by atoms with Crippen LogP contribution in [-0.2, 0) is 4.74 Å². The highest BCUT2D eigenvalue weighted by Gasteiger charge is 2.36. The maximum absolute atomic E-state index is 15.0. The average Bonchev–Trinajstić information content (AvgIpc) is 2.61. The highest BCUT2D eigenvalue weighted by molar-refractivity contribution is 5.68. The van der Waals surface area contributed by atoms with E-state index < -0.39 is 23.7 Å². The molecule has 6 nitrogen and oxygen atoms in total. The summed E-state index contributed by atoms with van der Waals surface area (Å²) < 4.78 is 34.4. The molecule has 3 N–H and O–H groups in total. The average molecular weight is 411 g/mol. The second-order valence-electron chi connectivity index (χ2n) is 8.99. The van der Waals surface area contributed by atoms with Crippen molar-refractivity contribution in [1.29, 1.82) is 0 Å². The molecule has 0 saturated carbocycles. The molecule has 29 heavy (non-hydrogen) atoms. The molecule has 0 aromatic heterocycles. The summed E-state index contributed by atoms with van der Waals surface area (Å²) in [5.41, 5.74) is 5.84. The summed E-state index contributed by atoms with van der Waals surface area (Å²) in [6.45, 7) is 7.71. The molecular weight excluding hydrogens is 378 g/mol. The van der Waals surface area contributed by atoms with Gasteiger partial charge in [0.2, 0.25) is 0 Å². The standard InChI is InChI=1S/C21H32F2N4O2/c1-21(2,3)29-20(28)25-15-6-9-26(10-7-15)19-8-11-27(13-17(19)23)18-5-4-14(24)12-16(18)22/h4-5,12,15,17,19H,6-11,13,24H2,1-3H3,(H,25,28). The number of carbonyl (C=O) groups is 1.